The first-order valence-corrected chi connectivity index (χ1v) is 15.8. The minimum Gasteiger partial charge on any atom is -0.486 e. The Balaban J connectivity index is 1.74. The van der Waals surface area contributed by atoms with Crippen molar-refractivity contribution in [3.63, 3.8) is 0 Å². The molecule has 2 amide bonds. The summed E-state index contributed by atoms with van der Waals surface area (Å²) >= 11 is 0. The number of halogens is 1. The van der Waals surface area contributed by atoms with E-state index in [2.05, 4.69) is 5.32 Å². The molecule has 0 bridgehead atoms. The molecule has 1 N–H and O–H groups in total. The molecule has 3 aromatic carbocycles. The first-order valence-electron chi connectivity index (χ1n) is 14.4. The van der Waals surface area contributed by atoms with Crippen LogP contribution in [0.5, 0.6) is 11.5 Å². The quantitative estimate of drug-likeness (QED) is 0.315. The van der Waals surface area contributed by atoms with Crippen LogP contribution in [0, 0.1) is 12.7 Å². The summed E-state index contributed by atoms with van der Waals surface area (Å²) in [6.45, 7) is 7.66. The molecule has 11 heteroatoms. The zero-order valence-electron chi connectivity index (χ0n) is 24.9. The van der Waals surface area contributed by atoms with Crippen molar-refractivity contribution in [2.45, 2.75) is 64.1 Å². The lowest BCUT2D eigenvalue weighted by molar-refractivity contribution is -0.140. The van der Waals surface area contributed by atoms with Crippen LogP contribution in [-0.4, -0.2) is 57.0 Å². The molecular weight excluding hydrogens is 573 g/mol. The number of fused-ring (bicyclic) bond motifs is 1. The Bertz CT molecular complexity index is 1530. The molecule has 43 heavy (non-hydrogen) atoms. The van der Waals surface area contributed by atoms with Gasteiger partial charge in [0.15, 0.2) is 11.5 Å². The first-order chi connectivity index (χ1) is 20.5. The molecule has 0 fully saturated rings. The minimum atomic E-state index is -4.36. The smallest absolute Gasteiger partial charge is 0.264 e. The first kappa shape index (κ1) is 31.8. The van der Waals surface area contributed by atoms with Gasteiger partial charge in [-0.15, -0.1) is 0 Å². The van der Waals surface area contributed by atoms with E-state index >= 15 is 0 Å². The van der Waals surface area contributed by atoms with Crippen molar-refractivity contribution >= 4 is 27.5 Å². The van der Waals surface area contributed by atoms with Gasteiger partial charge in [-0.25, -0.2) is 12.8 Å². The predicted molar refractivity (Wildman–Crippen MR) is 162 cm³/mol. The number of carbonyl (C=O) groups is 2. The molecule has 0 radical (unpaired) electrons. The van der Waals surface area contributed by atoms with Crippen LogP contribution in [0.3, 0.4) is 0 Å². The van der Waals surface area contributed by atoms with E-state index in [0.29, 0.717) is 25.2 Å². The maximum Gasteiger partial charge on any atom is 0.264 e. The molecule has 0 saturated heterocycles. The number of nitrogens with one attached hydrogen (secondary N) is 1. The molecule has 1 aliphatic rings. The van der Waals surface area contributed by atoms with Crippen molar-refractivity contribution in [3.05, 3.63) is 83.7 Å². The number of anilines is 1. The van der Waals surface area contributed by atoms with Gasteiger partial charge in [0, 0.05) is 18.7 Å². The monoisotopic (exact) mass is 611 g/mol. The van der Waals surface area contributed by atoms with Gasteiger partial charge in [-0.2, -0.15) is 0 Å². The molecule has 0 saturated carbocycles. The number of rotatable bonds is 12. The van der Waals surface area contributed by atoms with Gasteiger partial charge in [0.25, 0.3) is 10.0 Å². The average Bonchev–Trinajstić information content (AvgIpc) is 3.00. The molecule has 4 rings (SSSR count). The molecule has 3 aromatic rings. The summed E-state index contributed by atoms with van der Waals surface area (Å²) < 4.78 is 54.1. The van der Waals surface area contributed by atoms with Crippen LogP contribution >= 0.6 is 0 Å². The lowest BCUT2D eigenvalue weighted by atomic mass is 10.1. The highest BCUT2D eigenvalue weighted by Crippen LogP contribution is 2.34. The van der Waals surface area contributed by atoms with E-state index in [1.807, 2.05) is 45.0 Å². The van der Waals surface area contributed by atoms with Crippen molar-refractivity contribution in [1.29, 1.82) is 0 Å². The van der Waals surface area contributed by atoms with E-state index < -0.39 is 34.3 Å². The third kappa shape index (κ3) is 7.64. The van der Waals surface area contributed by atoms with Gasteiger partial charge in [0.2, 0.25) is 11.8 Å². The molecule has 0 spiro atoms. The number of hydrogen-bond acceptors (Lipinski definition) is 6. The SMILES string of the molecule is CC[C@H](C)NC(=O)[C@H](CC)N(Cc1ccc(C)cc1)C(=O)CN(c1ccc(F)cc1)S(=O)(=O)c1ccc2c(c1)OCCO2. The van der Waals surface area contributed by atoms with E-state index in [1.165, 1.54) is 35.2 Å². The highest BCUT2D eigenvalue weighted by molar-refractivity contribution is 7.92. The van der Waals surface area contributed by atoms with Crippen LogP contribution in [0.4, 0.5) is 10.1 Å². The largest absolute Gasteiger partial charge is 0.486 e. The summed E-state index contributed by atoms with van der Waals surface area (Å²) in [5, 5.41) is 2.96. The van der Waals surface area contributed by atoms with Crippen LogP contribution in [0.2, 0.25) is 0 Å². The molecule has 2 atom stereocenters. The second kappa shape index (κ2) is 13.9. The normalized spacial score (nSPS) is 14.0. The predicted octanol–water partition coefficient (Wildman–Crippen LogP) is 4.82. The Morgan fingerprint density at radius 2 is 1.58 bits per heavy atom. The van der Waals surface area contributed by atoms with Crippen molar-refractivity contribution in [2.24, 2.45) is 0 Å². The van der Waals surface area contributed by atoms with Gasteiger partial charge in [0.1, 0.15) is 31.6 Å². The van der Waals surface area contributed by atoms with Gasteiger partial charge in [-0.1, -0.05) is 43.7 Å². The van der Waals surface area contributed by atoms with Gasteiger partial charge in [-0.05, 0) is 68.7 Å². The minimum absolute atomic E-state index is 0.0902. The van der Waals surface area contributed by atoms with E-state index in [0.717, 1.165) is 27.6 Å². The highest BCUT2D eigenvalue weighted by Gasteiger charge is 2.34. The third-order valence-corrected chi connectivity index (χ3v) is 9.13. The Morgan fingerprint density at radius 3 is 2.21 bits per heavy atom. The zero-order valence-corrected chi connectivity index (χ0v) is 25.7. The number of hydrogen-bond donors (Lipinski definition) is 1. The van der Waals surface area contributed by atoms with E-state index in [4.69, 9.17) is 9.47 Å². The zero-order chi connectivity index (χ0) is 31.1. The summed E-state index contributed by atoms with van der Waals surface area (Å²) in [4.78, 5) is 28.8. The van der Waals surface area contributed by atoms with Crippen molar-refractivity contribution in [1.82, 2.24) is 10.2 Å². The molecule has 230 valence electrons. The lowest BCUT2D eigenvalue weighted by Gasteiger charge is -2.34. The Hall–Kier alpha value is -4.12. The summed E-state index contributed by atoms with van der Waals surface area (Å²) in [5.41, 5.74) is 1.92. The maximum atomic E-state index is 14.2. The van der Waals surface area contributed by atoms with E-state index in [-0.39, 0.29) is 41.4 Å². The average molecular weight is 612 g/mol. The Labute approximate surface area is 252 Å². The number of amides is 2. The summed E-state index contributed by atoms with van der Waals surface area (Å²) in [6, 6.07) is 15.7. The summed E-state index contributed by atoms with van der Waals surface area (Å²) in [7, 11) is -4.36. The van der Waals surface area contributed by atoms with Gasteiger partial charge in [-0.3, -0.25) is 13.9 Å². The number of aryl methyl sites for hydroxylation is 1. The molecule has 0 aliphatic carbocycles. The second-order valence-corrected chi connectivity index (χ2v) is 12.4. The Morgan fingerprint density at radius 1 is 0.930 bits per heavy atom. The standard InChI is InChI=1S/C32H38FN3O6S/c1-5-23(4)34-32(38)28(6-2)35(20-24-9-7-22(3)8-10-24)31(37)21-36(26-13-11-25(33)12-14-26)43(39,40)27-15-16-29-30(19-27)42-18-17-41-29/h7-16,19,23,28H,5-6,17-18,20-21H2,1-4H3,(H,34,38)/t23-,28-/m0/s1. The number of carbonyl (C=O) groups excluding carboxylic acids is 2. The number of sulfonamides is 1. The van der Waals surface area contributed by atoms with Crippen LogP contribution in [0.25, 0.3) is 0 Å². The lowest BCUT2D eigenvalue weighted by Crippen LogP contribution is -2.53. The third-order valence-electron chi connectivity index (χ3n) is 7.36. The van der Waals surface area contributed by atoms with Crippen molar-refractivity contribution in [2.75, 3.05) is 24.1 Å². The molecule has 0 unspecified atom stereocenters. The fraction of sp³-hybridized carbons (Fsp3) is 0.375. The van der Waals surface area contributed by atoms with Crippen LogP contribution in [-0.2, 0) is 26.2 Å². The summed E-state index contributed by atoms with van der Waals surface area (Å²) in [5.74, 6) is -0.776. The molecular formula is C32H38FN3O6S. The van der Waals surface area contributed by atoms with Crippen LogP contribution in [0.15, 0.2) is 71.6 Å². The fourth-order valence-corrected chi connectivity index (χ4v) is 6.13. The van der Waals surface area contributed by atoms with Crippen LogP contribution < -0.4 is 19.1 Å². The fourth-order valence-electron chi connectivity index (χ4n) is 4.70. The number of ether oxygens (including phenoxy) is 2. The maximum absolute atomic E-state index is 14.2. The number of nitrogens with zero attached hydrogens (tertiary/aromatic N) is 2. The second-order valence-electron chi connectivity index (χ2n) is 10.5. The van der Waals surface area contributed by atoms with Gasteiger partial charge >= 0.3 is 0 Å². The van der Waals surface area contributed by atoms with Gasteiger partial charge < -0.3 is 19.7 Å². The van der Waals surface area contributed by atoms with E-state index in [9.17, 15) is 22.4 Å². The number of benzene rings is 3. The molecule has 1 heterocycles. The van der Waals surface area contributed by atoms with Crippen molar-refractivity contribution < 1.29 is 31.9 Å². The molecule has 9 nitrogen and oxygen atoms in total. The topological polar surface area (TPSA) is 105 Å². The molecule has 0 aromatic heterocycles. The van der Waals surface area contributed by atoms with Crippen LogP contribution in [0.1, 0.15) is 44.7 Å². The summed E-state index contributed by atoms with van der Waals surface area (Å²) in [6.07, 6.45) is 1.02. The van der Waals surface area contributed by atoms with E-state index in [1.54, 1.807) is 6.92 Å². The molecule has 1 aliphatic heterocycles. The van der Waals surface area contributed by atoms with Gasteiger partial charge in [0.05, 0.1) is 10.6 Å². The Kier molecular flexibility index (Phi) is 10.3. The highest BCUT2D eigenvalue weighted by atomic mass is 32.2. The van der Waals surface area contributed by atoms with Crippen molar-refractivity contribution in [3.8, 4) is 11.5 Å².